The molecule has 1 atom stereocenters. The highest BCUT2D eigenvalue weighted by Crippen LogP contribution is 2.51. The van der Waals surface area contributed by atoms with Gasteiger partial charge in [0.15, 0.2) is 0 Å². The molecule has 33 heavy (non-hydrogen) atoms. The van der Waals surface area contributed by atoms with Crippen LogP contribution in [-0.4, -0.2) is 18.1 Å². The van der Waals surface area contributed by atoms with Gasteiger partial charge in [-0.05, 0) is 93.6 Å². The number of nitrogens with zero attached hydrogens (tertiary/aromatic N) is 1. The summed E-state index contributed by atoms with van der Waals surface area (Å²) in [6, 6.07) is 19.5. The van der Waals surface area contributed by atoms with Gasteiger partial charge in [0.1, 0.15) is 17.1 Å². The molecule has 0 N–H and O–H groups in total. The van der Waals surface area contributed by atoms with Gasteiger partial charge in [0.25, 0.3) is 0 Å². The third kappa shape index (κ3) is 3.57. The minimum absolute atomic E-state index is 0.00887. The normalized spacial score (nSPS) is 20.8. The molecule has 2 heterocycles. The van der Waals surface area contributed by atoms with Gasteiger partial charge in [-0.1, -0.05) is 29.8 Å². The maximum atomic E-state index is 14.1. The van der Waals surface area contributed by atoms with Crippen LogP contribution >= 0.6 is 11.6 Å². The Bertz CT molecular complexity index is 1250. The summed E-state index contributed by atoms with van der Waals surface area (Å²) in [5, 5.41) is 0.612. The van der Waals surface area contributed by atoms with Gasteiger partial charge in [-0.15, -0.1) is 0 Å². The number of ether oxygens (including phenoxy) is 2. The molecule has 0 unspecified atom stereocenters. The van der Waals surface area contributed by atoms with E-state index >= 15 is 0 Å². The minimum Gasteiger partial charge on any atom is -0.494 e. The molecule has 0 radical (unpaired) electrons. The molecule has 3 aromatic rings. The number of carbonyl (C=O) groups is 1. The van der Waals surface area contributed by atoms with Crippen molar-refractivity contribution in [2.24, 2.45) is 0 Å². The van der Waals surface area contributed by atoms with Crippen molar-refractivity contribution in [3.63, 3.8) is 0 Å². The molecule has 3 aromatic carbocycles. The highest BCUT2D eigenvalue weighted by atomic mass is 35.5. The van der Waals surface area contributed by atoms with E-state index in [9.17, 15) is 4.79 Å². The van der Waals surface area contributed by atoms with Crippen LogP contribution in [0.5, 0.6) is 11.5 Å². The lowest BCUT2D eigenvalue weighted by atomic mass is 9.76. The molecule has 0 bridgehead atoms. The summed E-state index contributed by atoms with van der Waals surface area (Å²) < 4.78 is 11.9. The van der Waals surface area contributed by atoms with Crippen LogP contribution in [0.2, 0.25) is 5.02 Å². The zero-order valence-electron chi connectivity index (χ0n) is 19.4. The average molecular weight is 462 g/mol. The summed E-state index contributed by atoms with van der Waals surface area (Å²) in [7, 11) is 0. The fourth-order valence-corrected chi connectivity index (χ4v) is 5.11. The van der Waals surface area contributed by atoms with Crippen molar-refractivity contribution in [1.82, 2.24) is 0 Å². The Hall–Kier alpha value is -2.98. The number of carbonyl (C=O) groups excluding carboxylic acids is 1. The summed E-state index contributed by atoms with van der Waals surface area (Å²) in [6.45, 7) is 8.72. The van der Waals surface area contributed by atoms with E-state index < -0.39 is 5.41 Å². The third-order valence-corrected chi connectivity index (χ3v) is 7.01. The smallest absolute Gasteiger partial charge is 0.246 e. The lowest BCUT2D eigenvalue weighted by molar-refractivity contribution is -0.120. The molecule has 1 amide bonds. The van der Waals surface area contributed by atoms with E-state index in [0.29, 0.717) is 11.6 Å². The largest absolute Gasteiger partial charge is 0.494 e. The minimum atomic E-state index is -0.871. The summed E-state index contributed by atoms with van der Waals surface area (Å²) in [5.74, 6) is 1.63. The van der Waals surface area contributed by atoms with E-state index in [1.807, 2.05) is 68.4 Å². The van der Waals surface area contributed by atoms with Gasteiger partial charge in [0.05, 0.1) is 23.4 Å². The quantitative estimate of drug-likeness (QED) is 0.427. The van der Waals surface area contributed by atoms with E-state index in [-0.39, 0.29) is 11.5 Å². The highest BCUT2D eigenvalue weighted by Gasteiger charge is 2.49. The number of aryl methyl sites for hydroxylation is 1. The number of benzene rings is 3. The second-order valence-corrected chi connectivity index (χ2v) is 9.98. The Kier molecular flexibility index (Phi) is 5.17. The molecule has 5 rings (SSSR count). The maximum Gasteiger partial charge on any atom is 0.246 e. The van der Waals surface area contributed by atoms with E-state index in [2.05, 4.69) is 19.9 Å². The number of anilines is 2. The van der Waals surface area contributed by atoms with Gasteiger partial charge in [-0.25, -0.2) is 0 Å². The molecule has 0 fully saturated rings. The first-order valence-electron chi connectivity index (χ1n) is 11.4. The van der Waals surface area contributed by atoms with E-state index in [4.69, 9.17) is 21.1 Å². The Balaban J connectivity index is 1.64. The average Bonchev–Trinajstić information content (AvgIpc) is 3.01. The molecule has 0 spiro atoms. The number of fused-ring (bicyclic) bond motifs is 2. The summed E-state index contributed by atoms with van der Waals surface area (Å²) in [6.07, 6.45) is 1.86. The second kappa shape index (κ2) is 7.81. The summed E-state index contributed by atoms with van der Waals surface area (Å²) in [5.41, 5.74) is 3.56. The molecular weight excluding hydrogens is 434 g/mol. The van der Waals surface area contributed by atoms with Crippen LogP contribution in [0.1, 0.15) is 50.8 Å². The van der Waals surface area contributed by atoms with E-state index in [1.165, 1.54) is 0 Å². The SMILES string of the molecule is CCOc1cccc(N2C(=O)[C@@](C)(c3ccc4c(c3)CCC(C)(C)O4)c3cc(Cl)ccc32)c1. The summed E-state index contributed by atoms with van der Waals surface area (Å²) in [4.78, 5) is 15.9. The van der Waals surface area contributed by atoms with Crippen LogP contribution in [0.4, 0.5) is 11.4 Å². The topological polar surface area (TPSA) is 38.8 Å². The van der Waals surface area contributed by atoms with Crippen LogP contribution < -0.4 is 14.4 Å². The van der Waals surface area contributed by atoms with Crippen LogP contribution in [0.15, 0.2) is 60.7 Å². The molecule has 4 nitrogen and oxygen atoms in total. The van der Waals surface area contributed by atoms with Crippen molar-refractivity contribution < 1.29 is 14.3 Å². The second-order valence-electron chi connectivity index (χ2n) is 9.54. The van der Waals surface area contributed by atoms with E-state index in [1.54, 1.807) is 4.90 Å². The van der Waals surface area contributed by atoms with Crippen molar-refractivity contribution in [2.45, 2.75) is 51.6 Å². The van der Waals surface area contributed by atoms with Gasteiger partial charge < -0.3 is 9.47 Å². The molecule has 170 valence electrons. The lowest BCUT2D eigenvalue weighted by Crippen LogP contribution is -2.37. The van der Waals surface area contributed by atoms with Gasteiger partial charge in [0.2, 0.25) is 5.91 Å². The van der Waals surface area contributed by atoms with Crippen LogP contribution in [0, 0.1) is 0 Å². The number of rotatable bonds is 4. The van der Waals surface area contributed by atoms with Crippen molar-refractivity contribution in [1.29, 1.82) is 0 Å². The zero-order chi connectivity index (χ0) is 23.4. The molecule has 0 aromatic heterocycles. The fraction of sp³-hybridized carbons (Fsp3) is 0.321. The van der Waals surface area contributed by atoms with Crippen LogP contribution in [-0.2, 0) is 16.6 Å². The number of hydrogen-bond acceptors (Lipinski definition) is 3. The zero-order valence-corrected chi connectivity index (χ0v) is 20.2. The lowest BCUT2D eigenvalue weighted by Gasteiger charge is -2.34. The first-order chi connectivity index (χ1) is 15.7. The molecule has 0 saturated heterocycles. The van der Waals surface area contributed by atoms with Gasteiger partial charge in [-0.3, -0.25) is 9.69 Å². The molecular formula is C28H28ClNO3. The molecule has 5 heteroatoms. The first kappa shape index (κ1) is 21.8. The Morgan fingerprint density at radius 3 is 2.67 bits per heavy atom. The maximum absolute atomic E-state index is 14.1. The highest BCUT2D eigenvalue weighted by molar-refractivity contribution is 6.31. The van der Waals surface area contributed by atoms with Crippen molar-refractivity contribution >= 4 is 28.9 Å². The molecule has 2 aliphatic heterocycles. The number of halogens is 1. The predicted molar refractivity (Wildman–Crippen MR) is 132 cm³/mol. The standard InChI is InChI=1S/C28H28ClNO3/c1-5-32-22-8-6-7-21(17-22)30-24-11-10-20(29)16-23(24)28(4,26(30)31)19-9-12-25-18(15-19)13-14-27(2,3)33-25/h6-12,15-17H,5,13-14H2,1-4H3/t28-/m0/s1. The third-order valence-electron chi connectivity index (χ3n) is 6.78. The van der Waals surface area contributed by atoms with Crippen LogP contribution in [0.3, 0.4) is 0 Å². The molecule has 2 aliphatic rings. The predicted octanol–water partition coefficient (Wildman–Crippen LogP) is 6.83. The number of hydrogen-bond donors (Lipinski definition) is 0. The Morgan fingerprint density at radius 2 is 1.88 bits per heavy atom. The molecule has 0 aliphatic carbocycles. The van der Waals surface area contributed by atoms with Gasteiger partial charge in [0, 0.05) is 11.1 Å². The Labute approximate surface area is 200 Å². The molecule has 0 saturated carbocycles. The van der Waals surface area contributed by atoms with E-state index in [0.717, 1.165) is 52.4 Å². The Morgan fingerprint density at radius 1 is 1.06 bits per heavy atom. The van der Waals surface area contributed by atoms with Gasteiger partial charge >= 0.3 is 0 Å². The van der Waals surface area contributed by atoms with Crippen molar-refractivity contribution in [3.05, 3.63) is 82.4 Å². The summed E-state index contributed by atoms with van der Waals surface area (Å²) >= 11 is 6.42. The van der Waals surface area contributed by atoms with Gasteiger partial charge in [-0.2, -0.15) is 0 Å². The monoisotopic (exact) mass is 461 g/mol. The fourth-order valence-electron chi connectivity index (χ4n) is 4.94. The van der Waals surface area contributed by atoms with Crippen molar-refractivity contribution in [2.75, 3.05) is 11.5 Å². The van der Waals surface area contributed by atoms with Crippen molar-refractivity contribution in [3.8, 4) is 11.5 Å². The van der Waals surface area contributed by atoms with Crippen LogP contribution in [0.25, 0.3) is 0 Å². The number of amides is 1. The first-order valence-corrected chi connectivity index (χ1v) is 11.8.